The molecule has 2 aromatic carbocycles. The van der Waals surface area contributed by atoms with Crippen LogP contribution in [0.1, 0.15) is 12.8 Å². The van der Waals surface area contributed by atoms with Crippen molar-refractivity contribution >= 4 is 23.2 Å². The molecule has 1 heterocycles. The molecular formula is C24H32Cl2N2O5. The molecule has 2 atom stereocenters. The predicted molar refractivity (Wildman–Crippen MR) is 130 cm³/mol. The Balaban J connectivity index is 1.27. The fourth-order valence-electron chi connectivity index (χ4n) is 3.66. The number of hydrogen-bond acceptors (Lipinski definition) is 7. The molecule has 33 heavy (non-hydrogen) atoms. The number of nitrogens with zero attached hydrogens (tertiary/aromatic N) is 1. The molecule has 1 fully saturated rings. The van der Waals surface area contributed by atoms with Crippen LogP contribution in [0.4, 0.5) is 0 Å². The highest BCUT2D eigenvalue weighted by Gasteiger charge is 2.21. The van der Waals surface area contributed by atoms with E-state index in [0.717, 1.165) is 31.7 Å². The van der Waals surface area contributed by atoms with E-state index in [4.69, 9.17) is 37.4 Å². The molecule has 0 amide bonds. The summed E-state index contributed by atoms with van der Waals surface area (Å²) in [7, 11) is 1.62. The average Bonchev–Trinajstić information content (AvgIpc) is 2.83. The van der Waals surface area contributed by atoms with Crippen LogP contribution in [-0.2, 0) is 0 Å². The van der Waals surface area contributed by atoms with Gasteiger partial charge in [-0.05, 0) is 62.3 Å². The van der Waals surface area contributed by atoms with Crippen LogP contribution >= 0.6 is 23.2 Å². The number of hydrogen-bond donors (Lipinski definition) is 3. The highest BCUT2D eigenvalue weighted by atomic mass is 35.5. The number of rotatable bonds is 12. The fraction of sp³-hybridized carbons (Fsp3) is 0.500. The van der Waals surface area contributed by atoms with Gasteiger partial charge in [0.15, 0.2) is 0 Å². The molecule has 7 nitrogen and oxygen atoms in total. The van der Waals surface area contributed by atoms with E-state index in [0.29, 0.717) is 40.7 Å². The Hall–Kier alpha value is -1.74. The van der Waals surface area contributed by atoms with Crippen molar-refractivity contribution in [3.63, 3.8) is 0 Å². The first kappa shape index (κ1) is 25.9. The summed E-state index contributed by atoms with van der Waals surface area (Å²) in [5.41, 5.74) is 0. The van der Waals surface area contributed by atoms with Gasteiger partial charge in [-0.15, -0.1) is 0 Å². The third kappa shape index (κ3) is 8.85. The zero-order valence-corrected chi connectivity index (χ0v) is 20.3. The van der Waals surface area contributed by atoms with Gasteiger partial charge in [0.05, 0.1) is 17.2 Å². The second-order valence-electron chi connectivity index (χ2n) is 8.16. The minimum absolute atomic E-state index is 0.191. The van der Waals surface area contributed by atoms with Crippen LogP contribution in [0.5, 0.6) is 17.2 Å². The van der Waals surface area contributed by atoms with Crippen molar-refractivity contribution in [3.8, 4) is 17.2 Å². The summed E-state index contributed by atoms with van der Waals surface area (Å²) in [5.74, 6) is 2.05. The van der Waals surface area contributed by atoms with E-state index in [-0.39, 0.29) is 13.2 Å². The number of halogens is 2. The van der Waals surface area contributed by atoms with Crippen molar-refractivity contribution in [2.75, 3.05) is 46.5 Å². The Bertz CT molecular complexity index is 847. The molecule has 0 aromatic heterocycles. The van der Waals surface area contributed by atoms with E-state index in [1.54, 1.807) is 25.3 Å². The first-order valence-electron chi connectivity index (χ1n) is 11.1. The number of aliphatic hydroxyl groups excluding tert-OH is 2. The lowest BCUT2D eigenvalue weighted by molar-refractivity contribution is 0.0556. The predicted octanol–water partition coefficient (Wildman–Crippen LogP) is 3.24. The van der Waals surface area contributed by atoms with Gasteiger partial charge in [0, 0.05) is 25.2 Å². The van der Waals surface area contributed by atoms with Crippen LogP contribution in [-0.4, -0.2) is 79.9 Å². The molecule has 182 valence electrons. The zero-order chi connectivity index (χ0) is 23.6. The maximum absolute atomic E-state index is 10.3. The number of likely N-dealkylation sites (tertiary alicyclic amines) is 1. The average molecular weight is 499 g/mol. The Morgan fingerprint density at radius 3 is 2.18 bits per heavy atom. The van der Waals surface area contributed by atoms with Crippen molar-refractivity contribution in [2.24, 2.45) is 0 Å². The minimum Gasteiger partial charge on any atom is -0.497 e. The number of methoxy groups -OCH3 is 1. The molecule has 0 radical (unpaired) electrons. The van der Waals surface area contributed by atoms with Gasteiger partial charge in [0.1, 0.15) is 42.7 Å². The van der Waals surface area contributed by atoms with Crippen LogP contribution in [0.2, 0.25) is 10.0 Å². The number of aliphatic hydroxyl groups is 2. The lowest BCUT2D eigenvalue weighted by Crippen LogP contribution is -2.47. The van der Waals surface area contributed by atoms with E-state index < -0.39 is 12.2 Å². The zero-order valence-electron chi connectivity index (χ0n) is 18.8. The second kappa shape index (κ2) is 13.2. The summed E-state index contributed by atoms with van der Waals surface area (Å²) in [6.07, 6.45) is 0.713. The first-order valence-corrected chi connectivity index (χ1v) is 11.8. The van der Waals surface area contributed by atoms with E-state index in [9.17, 15) is 10.2 Å². The van der Waals surface area contributed by atoms with Crippen molar-refractivity contribution in [1.29, 1.82) is 0 Å². The van der Waals surface area contributed by atoms with Gasteiger partial charge >= 0.3 is 0 Å². The smallest absolute Gasteiger partial charge is 0.121 e. The Labute approximate surface area is 205 Å². The van der Waals surface area contributed by atoms with Crippen LogP contribution in [0.3, 0.4) is 0 Å². The summed E-state index contributed by atoms with van der Waals surface area (Å²) in [4.78, 5) is 2.23. The van der Waals surface area contributed by atoms with Gasteiger partial charge in [-0.2, -0.15) is 0 Å². The summed E-state index contributed by atoms with van der Waals surface area (Å²) in [5, 5.41) is 24.8. The van der Waals surface area contributed by atoms with E-state index in [1.165, 1.54) is 0 Å². The van der Waals surface area contributed by atoms with E-state index in [1.807, 2.05) is 24.3 Å². The number of piperidine rings is 1. The Morgan fingerprint density at radius 1 is 0.909 bits per heavy atom. The van der Waals surface area contributed by atoms with Crippen LogP contribution in [0.15, 0.2) is 42.5 Å². The molecule has 1 unspecified atom stereocenters. The van der Waals surface area contributed by atoms with Gasteiger partial charge in [-0.1, -0.05) is 23.2 Å². The molecule has 0 bridgehead atoms. The van der Waals surface area contributed by atoms with Gasteiger partial charge in [0.25, 0.3) is 0 Å². The Kier molecular flexibility index (Phi) is 10.4. The number of ether oxygens (including phenoxy) is 3. The van der Waals surface area contributed by atoms with Gasteiger partial charge in [-0.3, -0.25) is 0 Å². The largest absolute Gasteiger partial charge is 0.497 e. The quantitative estimate of drug-likeness (QED) is 0.414. The highest BCUT2D eigenvalue weighted by Crippen LogP contribution is 2.26. The second-order valence-corrected chi connectivity index (χ2v) is 8.98. The summed E-state index contributed by atoms with van der Waals surface area (Å²) >= 11 is 11.9. The SMILES string of the molecule is COc1ccc(OC[C@H](O)CNC2CCN(CC(O)COc3ccc(Cl)c(Cl)c3)CC2)cc1. The molecule has 0 aliphatic carbocycles. The summed E-state index contributed by atoms with van der Waals surface area (Å²) in [6.45, 7) is 3.19. The third-order valence-corrected chi connectivity index (χ3v) is 6.27. The maximum Gasteiger partial charge on any atom is 0.121 e. The van der Waals surface area contributed by atoms with Crippen molar-refractivity contribution in [3.05, 3.63) is 52.5 Å². The monoisotopic (exact) mass is 498 g/mol. The van der Waals surface area contributed by atoms with Crippen molar-refractivity contribution in [1.82, 2.24) is 10.2 Å². The number of β-amino-alcohol motifs (C(OH)–C–C–N with tert-alkyl or cyclic N) is 1. The van der Waals surface area contributed by atoms with Gasteiger partial charge in [-0.25, -0.2) is 0 Å². The highest BCUT2D eigenvalue weighted by molar-refractivity contribution is 6.42. The topological polar surface area (TPSA) is 83.4 Å². The normalized spacial score (nSPS) is 16.9. The van der Waals surface area contributed by atoms with Crippen LogP contribution in [0.25, 0.3) is 0 Å². The van der Waals surface area contributed by atoms with E-state index in [2.05, 4.69) is 10.2 Å². The van der Waals surface area contributed by atoms with E-state index >= 15 is 0 Å². The lowest BCUT2D eigenvalue weighted by Gasteiger charge is -2.33. The van der Waals surface area contributed by atoms with Crippen molar-refractivity contribution < 1.29 is 24.4 Å². The Morgan fingerprint density at radius 2 is 1.52 bits per heavy atom. The maximum atomic E-state index is 10.3. The summed E-state index contributed by atoms with van der Waals surface area (Å²) < 4.78 is 16.4. The molecule has 1 aliphatic rings. The van der Waals surface area contributed by atoms with Gasteiger partial charge < -0.3 is 34.6 Å². The molecule has 3 rings (SSSR count). The standard InChI is InChI=1S/C24H32Cl2N2O5/c1-31-20-2-4-21(5-3-20)32-15-18(29)13-27-17-8-10-28(11-9-17)14-19(30)16-33-22-6-7-23(25)24(26)12-22/h2-7,12,17-19,27,29-30H,8-11,13-16H2,1H3/t18-,19?/m1/s1. The number of benzene rings is 2. The van der Waals surface area contributed by atoms with Crippen molar-refractivity contribution in [2.45, 2.75) is 31.1 Å². The number of nitrogens with one attached hydrogen (secondary N) is 1. The first-order chi connectivity index (χ1) is 15.9. The molecule has 2 aromatic rings. The molecule has 1 saturated heterocycles. The molecule has 9 heteroatoms. The van der Waals surface area contributed by atoms with Crippen LogP contribution < -0.4 is 19.5 Å². The molecule has 0 spiro atoms. The molecule has 0 saturated carbocycles. The molecular weight excluding hydrogens is 467 g/mol. The molecule has 3 N–H and O–H groups in total. The van der Waals surface area contributed by atoms with Crippen LogP contribution in [0, 0.1) is 0 Å². The third-order valence-electron chi connectivity index (χ3n) is 5.53. The van der Waals surface area contributed by atoms with Gasteiger partial charge in [0.2, 0.25) is 0 Å². The molecule has 1 aliphatic heterocycles. The minimum atomic E-state index is -0.596. The summed E-state index contributed by atoms with van der Waals surface area (Å²) in [6, 6.07) is 12.7. The fourth-order valence-corrected chi connectivity index (χ4v) is 3.94. The lowest BCUT2D eigenvalue weighted by atomic mass is 10.0.